The van der Waals surface area contributed by atoms with E-state index in [1.807, 2.05) is 0 Å². The van der Waals surface area contributed by atoms with E-state index in [2.05, 4.69) is 14.4 Å². The molecule has 0 atom stereocenters. The average molecular weight is 185 g/mol. The maximum atomic E-state index is 12.3. The van der Waals surface area contributed by atoms with E-state index >= 15 is 0 Å². The van der Waals surface area contributed by atoms with Crippen LogP contribution in [0.15, 0.2) is 4.52 Å². The largest absolute Gasteiger partial charge is 0.478 e. The Morgan fingerprint density at radius 2 is 2.00 bits per heavy atom. The first-order chi connectivity index (χ1) is 5.46. The molecule has 0 spiro atoms. The van der Waals surface area contributed by atoms with E-state index in [-0.39, 0.29) is 0 Å². The van der Waals surface area contributed by atoms with Gasteiger partial charge in [0.15, 0.2) is 5.56 Å². The van der Waals surface area contributed by atoms with Crippen LogP contribution < -0.4 is 4.74 Å². The summed E-state index contributed by atoms with van der Waals surface area (Å²) < 4.78 is 55.8. The number of aromatic nitrogens is 1. The van der Waals surface area contributed by atoms with Crippen LogP contribution in [0.25, 0.3) is 0 Å². The molecule has 0 aliphatic heterocycles. The minimum atomic E-state index is -4.85. The van der Waals surface area contributed by atoms with E-state index in [1.165, 1.54) is 0 Å². The molecule has 1 heterocycles. The molecule has 0 aliphatic rings. The molecule has 1 aromatic rings. The van der Waals surface area contributed by atoms with Crippen molar-refractivity contribution in [3.63, 3.8) is 0 Å². The Hall–Kier alpha value is -1.27. The Balaban J connectivity index is 3.19. The van der Waals surface area contributed by atoms with Gasteiger partial charge < -0.3 is 9.26 Å². The monoisotopic (exact) mass is 185 g/mol. The molecule has 0 aliphatic carbocycles. The van der Waals surface area contributed by atoms with Crippen LogP contribution in [0.4, 0.5) is 17.6 Å². The summed E-state index contributed by atoms with van der Waals surface area (Å²) >= 11 is 0. The number of methoxy groups -OCH3 is 1. The van der Waals surface area contributed by atoms with Crippen molar-refractivity contribution in [2.24, 2.45) is 0 Å². The SMILES string of the molecule is COc1noc(F)c1C(F)(F)F. The normalized spacial score (nSPS) is 11.8. The van der Waals surface area contributed by atoms with Crippen LogP contribution in [0, 0.1) is 6.01 Å². The van der Waals surface area contributed by atoms with Crippen LogP contribution in [0.1, 0.15) is 5.56 Å². The van der Waals surface area contributed by atoms with Crippen LogP contribution in [-0.2, 0) is 6.18 Å². The zero-order valence-corrected chi connectivity index (χ0v) is 5.78. The van der Waals surface area contributed by atoms with Gasteiger partial charge in [-0.1, -0.05) is 0 Å². The molecule has 0 unspecified atom stereocenters. The third-order valence-electron chi connectivity index (χ3n) is 1.10. The van der Waals surface area contributed by atoms with E-state index in [4.69, 9.17) is 0 Å². The highest BCUT2D eigenvalue weighted by atomic mass is 19.4. The molecule has 0 radical (unpaired) electrons. The van der Waals surface area contributed by atoms with Crippen molar-refractivity contribution >= 4 is 0 Å². The fraction of sp³-hybridized carbons (Fsp3) is 0.400. The van der Waals surface area contributed by atoms with Crippen molar-refractivity contribution in [2.75, 3.05) is 7.11 Å². The summed E-state index contributed by atoms with van der Waals surface area (Å²) in [5, 5.41) is 2.71. The van der Waals surface area contributed by atoms with Gasteiger partial charge in [-0.05, 0) is 5.16 Å². The van der Waals surface area contributed by atoms with Gasteiger partial charge in [0.2, 0.25) is 0 Å². The van der Waals surface area contributed by atoms with E-state index in [0.717, 1.165) is 7.11 Å². The molecule has 0 amide bonds. The number of halogens is 4. The fourth-order valence-corrected chi connectivity index (χ4v) is 0.629. The number of alkyl halides is 3. The molecule has 0 bridgehead atoms. The molecule has 0 saturated heterocycles. The highest BCUT2D eigenvalue weighted by Gasteiger charge is 2.42. The van der Waals surface area contributed by atoms with Crippen LogP contribution in [0.2, 0.25) is 0 Å². The van der Waals surface area contributed by atoms with Gasteiger partial charge in [0.25, 0.3) is 5.88 Å². The average Bonchev–Trinajstić information content (AvgIpc) is 2.29. The van der Waals surface area contributed by atoms with Gasteiger partial charge in [0.05, 0.1) is 7.11 Å². The molecule has 68 valence electrons. The second-order valence-corrected chi connectivity index (χ2v) is 1.84. The number of hydrogen-bond acceptors (Lipinski definition) is 3. The van der Waals surface area contributed by atoms with E-state index < -0.39 is 23.6 Å². The smallest absolute Gasteiger partial charge is 0.427 e. The molecule has 3 nitrogen and oxygen atoms in total. The van der Waals surface area contributed by atoms with E-state index in [1.54, 1.807) is 0 Å². The standard InChI is InChI=1S/C5H3F4NO2/c1-11-4-2(5(7,8)9)3(6)12-10-4/h1H3. The van der Waals surface area contributed by atoms with Gasteiger partial charge in [-0.15, -0.1) is 0 Å². The lowest BCUT2D eigenvalue weighted by atomic mass is 10.3. The Labute approximate surface area is 63.9 Å². The van der Waals surface area contributed by atoms with Crippen LogP contribution in [0.5, 0.6) is 5.88 Å². The summed E-state index contributed by atoms with van der Waals surface area (Å²) in [5.74, 6) is -0.903. The minimum Gasteiger partial charge on any atom is -0.478 e. The molecule has 0 fully saturated rings. The van der Waals surface area contributed by atoms with Crippen molar-refractivity contribution < 1.29 is 26.8 Å². The lowest BCUT2D eigenvalue weighted by Gasteiger charge is -2.02. The first-order valence-corrected chi connectivity index (χ1v) is 2.73. The van der Waals surface area contributed by atoms with Crippen LogP contribution in [-0.4, -0.2) is 12.3 Å². The zero-order chi connectivity index (χ0) is 9.35. The lowest BCUT2D eigenvalue weighted by molar-refractivity contribution is -0.142. The van der Waals surface area contributed by atoms with E-state index in [9.17, 15) is 17.6 Å². The molecule has 1 rings (SSSR count). The quantitative estimate of drug-likeness (QED) is 0.626. The highest BCUT2D eigenvalue weighted by molar-refractivity contribution is 5.25. The first-order valence-electron chi connectivity index (χ1n) is 2.73. The molecule has 0 aromatic carbocycles. The molecule has 1 aromatic heterocycles. The second kappa shape index (κ2) is 2.65. The van der Waals surface area contributed by atoms with Crippen molar-refractivity contribution in [3.8, 4) is 5.88 Å². The molecule has 0 saturated carbocycles. The number of nitrogens with zero attached hydrogens (tertiary/aromatic N) is 1. The lowest BCUT2D eigenvalue weighted by Crippen LogP contribution is -2.07. The highest BCUT2D eigenvalue weighted by Crippen LogP contribution is 2.37. The second-order valence-electron chi connectivity index (χ2n) is 1.84. The van der Waals surface area contributed by atoms with Gasteiger partial charge >= 0.3 is 12.2 Å². The van der Waals surface area contributed by atoms with Crippen LogP contribution >= 0.6 is 0 Å². The maximum absolute atomic E-state index is 12.3. The predicted molar refractivity (Wildman–Crippen MR) is 28.0 cm³/mol. The van der Waals surface area contributed by atoms with Gasteiger partial charge in [0.1, 0.15) is 0 Å². The summed E-state index contributed by atoms with van der Waals surface area (Å²) in [4.78, 5) is 0. The maximum Gasteiger partial charge on any atom is 0.427 e. The van der Waals surface area contributed by atoms with Gasteiger partial charge in [-0.25, -0.2) is 0 Å². The summed E-state index contributed by atoms with van der Waals surface area (Å²) in [6.45, 7) is 0. The van der Waals surface area contributed by atoms with Gasteiger partial charge in [-0.2, -0.15) is 17.6 Å². The number of ether oxygens (including phenoxy) is 1. The summed E-state index contributed by atoms with van der Waals surface area (Å²) in [5.41, 5.74) is -1.62. The third-order valence-corrected chi connectivity index (χ3v) is 1.10. The summed E-state index contributed by atoms with van der Waals surface area (Å²) in [6, 6.07) is -1.79. The number of hydrogen-bond donors (Lipinski definition) is 0. The van der Waals surface area contributed by atoms with Gasteiger partial charge in [0, 0.05) is 0 Å². The fourth-order valence-electron chi connectivity index (χ4n) is 0.629. The topological polar surface area (TPSA) is 35.3 Å². The predicted octanol–water partition coefficient (Wildman–Crippen LogP) is 1.84. The Kier molecular flexibility index (Phi) is 1.95. The minimum absolute atomic E-state index is 0.903. The molecule has 0 N–H and O–H groups in total. The summed E-state index contributed by atoms with van der Waals surface area (Å²) in [7, 11) is 0.937. The molecular formula is C5H3F4NO2. The summed E-state index contributed by atoms with van der Waals surface area (Å²) in [6.07, 6.45) is -4.85. The zero-order valence-electron chi connectivity index (χ0n) is 5.78. The molecule has 12 heavy (non-hydrogen) atoms. The molecule has 7 heteroatoms. The first kappa shape index (κ1) is 8.82. The van der Waals surface area contributed by atoms with Crippen molar-refractivity contribution in [1.29, 1.82) is 0 Å². The third kappa shape index (κ3) is 1.34. The van der Waals surface area contributed by atoms with Crippen molar-refractivity contribution in [2.45, 2.75) is 6.18 Å². The van der Waals surface area contributed by atoms with Gasteiger partial charge in [-0.3, -0.25) is 0 Å². The van der Waals surface area contributed by atoms with Crippen molar-refractivity contribution in [3.05, 3.63) is 11.6 Å². The Morgan fingerprint density at radius 3 is 2.33 bits per heavy atom. The Bertz CT molecular complexity index is 279. The molecular weight excluding hydrogens is 182 g/mol. The number of rotatable bonds is 1. The Morgan fingerprint density at radius 1 is 1.42 bits per heavy atom. The van der Waals surface area contributed by atoms with Crippen LogP contribution in [0.3, 0.4) is 0 Å². The van der Waals surface area contributed by atoms with Crippen molar-refractivity contribution in [1.82, 2.24) is 5.16 Å². The van der Waals surface area contributed by atoms with E-state index in [0.29, 0.717) is 0 Å².